The molecule has 1 aliphatic rings. The minimum atomic E-state index is 0.257. The van der Waals surface area contributed by atoms with Gasteiger partial charge >= 0.3 is 0 Å². The summed E-state index contributed by atoms with van der Waals surface area (Å²) in [4.78, 5) is 1.34. The molecule has 2 nitrogen and oxygen atoms in total. The second-order valence-corrected chi connectivity index (χ2v) is 5.43. The van der Waals surface area contributed by atoms with Gasteiger partial charge in [-0.1, -0.05) is 18.2 Å². The Morgan fingerprint density at radius 2 is 2.31 bits per heavy atom. The Bertz CT molecular complexity index is 336. The maximum Gasteiger partial charge on any atom is 0.0510 e. The Hall–Kier alpha value is -0.510. The highest BCUT2D eigenvalue weighted by Crippen LogP contribution is 2.25. The molecule has 0 aromatic heterocycles. The van der Waals surface area contributed by atoms with Crippen LogP contribution in [0.25, 0.3) is 0 Å². The lowest BCUT2D eigenvalue weighted by atomic mass is 10.0. The number of nitrogens with two attached hydrogens (primary N) is 1. The molecule has 2 rings (SSSR count). The van der Waals surface area contributed by atoms with Gasteiger partial charge in [-0.2, -0.15) is 0 Å². The molecule has 1 aromatic rings. The van der Waals surface area contributed by atoms with Crippen LogP contribution in [0.3, 0.4) is 0 Å². The van der Waals surface area contributed by atoms with Crippen molar-refractivity contribution in [3.05, 3.63) is 29.8 Å². The predicted octanol–water partition coefficient (Wildman–Crippen LogP) is 2.45. The van der Waals surface area contributed by atoms with Gasteiger partial charge in [0.1, 0.15) is 0 Å². The summed E-state index contributed by atoms with van der Waals surface area (Å²) < 4.78 is 5.36. The van der Waals surface area contributed by atoms with Gasteiger partial charge in [0.05, 0.1) is 6.61 Å². The molecule has 0 aliphatic carbocycles. The van der Waals surface area contributed by atoms with E-state index in [1.54, 1.807) is 0 Å². The zero-order chi connectivity index (χ0) is 11.4. The molecule has 1 saturated heterocycles. The molecule has 2 unspecified atom stereocenters. The third-order valence-electron chi connectivity index (χ3n) is 3.10. The van der Waals surface area contributed by atoms with Crippen LogP contribution in [-0.2, 0) is 4.74 Å². The maximum absolute atomic E-state index is 6.18. The molecule has 0 amide bonds. The summed E-state index contributed by atoms with van der Waals surface area (Å²) in [7, 11) is 0. The summed E-state index contributed by atoms with van der Waals surface area (Å²) in [6.07, 6.45) is 1.12. The summed E-state index contributed by atoms with van der Waals surface area (Å²) in [6, 6.07) is 8.72. The fraction of sp³-hybridized carbons (Fsp3) is 0.538. The second kappa shape index (κ2) is 5.71. The minimum absolute atomic E-state index is 0.257. The normalized spacial score (nSPS) is 22.2. The smallest absolute Gasteiger partial charge is 0.0510 e. The number of hydrogen-bond acceptors (Lipinski definition) is 3. The van der Waals surface area contributed by atoms with E-state index >= 15 is 0 Å². The molecule has 88 valence electrons. The first-order valence-corrected chi connectivity index (χ1v) is 6.77. The highest BCUT2D eigenvalue weighted by atomic mass is 32.2. The van der Waals surface area contributed by atoms with E-state index in [0.29, 0.717) is 5.92 Å². The molecule has 2 atom stereocenters. The van der Waals surface area contributed by atoms with Crippen LogP contribution in [0.15, 0.2) is 29.2 Å². The van der Waals surface area contributed by atoms with Crippen LogP contribution in [0.5, 0.6) is 0 Å². The molecular weight excluding hydrogens is 218 g/mol. The number of thioether (sulfide) groups is 1. The van der Waals surface area contributed by atoms with Crippen LogP contribution in [-0.4, -0.2) is 25.0 Å². The Labute approximate surface area is 102 Å². The summed E-state index contributed by atoms with van der Waals surface area (Å²) in [5, 5.41) is 0. The van der Waals surface area contributed by atoms with Gasteiger partial charge in [-0.15, -0.1) is 11.8 Å². The van der Waals surface area contributed by atoms with E-state index in [1.807, 2.05) is 11.8 Å². The summed E-state index contributed by atoms with van der Waals surface area (Å²) in [6.45, 7) is 3.87. The van der Waals surface area contributed by atoms with Crippen LogP contribution in [0.4, 0.5) is 0 Å². The number of ether oxygens (including phenoxy) is 1. The molecule has 2 N–H and O–H groups in total. The molecule has 16 heavy (non-hydrogen) atoms. The van der Waals surface area contributed by atoms with Gasteiger partial charge in [0, 0.05) is 29.2 Å². The number of aryl methyl sites for hydroxylation is 1. The molecule has 1 fully saturated rings. The first kappa shape index (κ1) is 12.0. The lowest BCUT2D eigenvalue weighted by Crippen LogP contribution is -2.32. The van der Waals surface area contributed by atoms with Crippen molar-refractivity contribution in [1.82, 2.24) is 0 Å². The van der Waals surface area contributed by atoms with Crippen molar-refractivity contribution in [2.24, 2.45) is 11.7 Å². The SMILES string of the molecule is Cc1ccccc1SCC(N)C1CCOC1. The third kappa shape index (κ3) is 3.00. The second-order valence-electron chi connectivity index (χ2n) is 4.36. The van der Waals surface area contributed by atoms with E-state index in [2.05, 4.69) is 31.2 Å². The molecule has 0 spiro atoms. The number of rotatable bonds is 4. The van der Waals surface area contributed by atoms with E-state index in [0.717, 1.165) is 25.4 Å². The lowest BCUT2D eigenvalue weighted by molar-refractivity contribution is 0.182. The topological polar surface area (TPSA) is 35.2 Å². The number of hydrogen-bond donors (Lipinski definition) is 1. The molecule has 3 heteroatoms. The van der Waals surface area contributed by atoms with Crippen LogP contribution in [0, 0.1) is 12.8 Å². The maximum atomic E-state index is 6.18. The Kier molecular flexibility index (Phi) is 4.27. The van der Waals surface area contributed by atoms with Crippen molar-refractivity contribution in [1.29, 1.82) is 0 Å². The Morgan fingerprint density at radius 1 is 1.50 bits per heavy atom. The van der Waals surface area contributed by atoms with Gasteiger partial charge in [0.15, 0.2) is 0 Å². The molecule has 0 bridgehead atoms. The van der Waals surface area contributed by atoms with Crippen molar-refractivity contribution in [3.8, 4) is 0 Å². The Morgan fingerprint density at radius 3 is 3.00 bits per heavy atom. The van der Waals surface area contributed by atoms with Gasteiger partial charge in [0.2, 0.25) is 0 Å². The quantitative estimate of drug-likeness (QED) is 0.817. The monoisotopic (exact) mass is 237 g/mol. The van der Waals surface area contributed by atoms with E-state index in [-0.39, 0.29) is 6.04 Å². The van der Waals surface area contributed by atoms with Gasteiger partial charge in [-0.05, 0) is 25.0 Å². The van der Waals surface area contributed by atoms with E-state index in [9.17, 15) is 0 Å². The highest BCUT2D eigenvalue weighted by molar-refractivity contribution is 7.99. The van der Waals surface area contributed by atoms with Crippen molar-refractivity contribution >= 4 is 11.8 Å². The van der Waals surface area contributed by atoms with Gasteiger partial charge < -0.3 is 10.5 Å². The summed E-state index contributed by atoms with van der Waals surface area (Å²) >= 11 is 1.86. The molecular formula is C13H19NOS. The zero-order valence-corrected chi connectivity index (χ0v) is 10.5. The summed E-state index contributed by atoms with van der Waals surface area (Å²) in [5.41, 5.74) is 7.51. The summed E-state index contributed by atoms with van der Waals surface area (Å²) in [5.74, 6) is 1.54. The zero-order valence-electron chi connectivity index (χ0n) is 9.69. The van der Waals surface area contributed by atoms with Crippen molar-refractivity contribution in [2.75, 3.05) is 19.0 Å². The van der Waals surface area contributed by atoms with Crippen LogP contribution >= 0.6 is 11.8 Å². The highest BCUT2D eigenvalue weighted by Gasteiger charge is 2.22. The van der Waals surface area contributed by atoms with E-state index in [1.165, 1.54) is 10.5 Å². The number of benzene rings is 1. The minimum Gasteiger partial charge on any atom is -0.381 e. The molecule has 0 saturated carbocycles. The fourth-order valence-corrected chi connectivity index (χ4v) is 3.05. The van der Waals surface area contributed by atoms with Crippen molar-refractivity contribution < 1.29 is 4.74 Å². The lowest BCUT2D eigenvalue weighted by Gasteiger charge is -2.17. The third-order valence-corrected chi connectivity index (χ3v) is 4.42. The van der Waals surface area contributed by atoms with E-state index in [4.69, 9.17) is 10.5 Å². The molecule has 1 aliphatic heterocycles. The average molecular weight is 237 g/mol. The van der Waals surface area contributed by atoms with Crippen molar-refractivity contribution in [3.63, 3.8) is 0 Å². The van der Waals surface area contributed by atoms with Crippen LogP contribution in [0.1, 0.15) is 12.0 Å². The largest absolute Gasteiger partial charge is 0.381 e. The van der Waals surface area contributed by atoms with Crippen LogP contribution in [0.2, 0.25) is 0 Å². The van der Waals surface area contributed by atoms with Gasteiger partial charge in [-0.25, -0.2) is 0 Å². The van der Waals surface area contributed by atoms with Crippen molar-refractivity contribution in [2.45, 2.75) is 24.3 Å². The molecule has 1 aromatic carbocycles. The molecule has 1 heterocycles. The fourth-order valence-electron chi connectivity index (χ4n) is 1.93. The first-order valence-electron chi connectivity index (χ1n) is 5.79. The average Bonchev–Trinajstić information content (AvgIpc) is 2.81. The Balaban J connectivity index is 1.84. The first-order chi connectivity index (χ1) is 7.77. The van der Waals surface area contributed by atoms with Crippen LogP contribution < -0.4 is 5.73 Å². The molecule has 0 radical (unpaired) electrons. The standard InChI is InChI=1S/C13H19NOS/c1-10-4-2-3-5-13(10)16-9-12(14)11-6-7-15-8-11/h2-5,11-12H,6-9,14H2,1H3. The van der Waals surface area contributed by atoms with Gasteiger partial charge in [0.25, 0.3) is 0 Å². The van der Waals surface area contributed by atoms with E-state index < -0.39 is 0 Å². The predicted molar refractivity (Wildman–Crippen MR) is 68.8 cm³/mol. The van der Waals surface area contributed by atoms with Gasteiger partial charge in [-0.3, -0.25) is 0 Å².